The number of hydrogen-bond donors (Lipinski definition) is 0. The van der Waals surface area contributed by atoms with Crippen LogP contribution in [0.2, 0.25) is 0 Å². The lowest BCUT2D eigenvalue weighted by molar-refractivity contribution is -0.687. The highest BCUT2D eigenvalue weighted by Crippen LogP contribution is 2.32. The van der Waals surface area contributed by atoms with E-state index in [9.17, 15) is 10.1 Å². The van der Waals surface area contributed by atoms with E-state index in [2.05, 4.69) is 12.1 Å². The van der Waals surface area contributed by atoms with Crippen LogP contribution in [0.25, 0.3) is 11.1 Å². The maximum Gasteiger partial charge on any atom is 0.270 e. The number of aromatic nitrogens is 1. The van der Waals surface area contributed by atoms with Gasteiger partial charge in [-0.15, -0.1) is 0 Å². The van der Waals surface area contributed by atoms with E-state index in [1.165, 1.54) is 6.07 Å². The van der Waals surface area contributed by atoms with Gasteiger partial charge in [0.05, 0.1) is 17.1 Å². The van der Waals surface area contributed by atoms with Crippen LogP contribution in [-0.2, 0) is 17.9 Å². The second-order valence-electron chi connectivity index (χ2n) is 6.09. The zero-order valence-electron chi connectivity index (χ0n) is 14.0. The Kier molecular flexibility index (Phi) is 4.33. The Balaban J connectivity index is 1.71. The average Bonchev–Trinajstić information content (AvgIpc) is 2.69. The Hall–Kier alpha value is -3.25. The van der Waals surface area contributed by atoms with Crippen LogP contribution < -0.4 is 9.30 Å². The lowest BCUT2D eigenvalue weighted by atomic mass is 10.1. The number of nitro benzene ring substituents is 1. The molecule has 0 amide bonds. The van der Waals surface area contributed by atoms with Crippen molar-refractivity contribution in [3.8, 4) is 16.9 Å². The largest absolute Gasteiger partial charge is 0.467 e. The summed E-state index contributed by atoms with van der Waals surface area (Å²) in [6, 6.07) is 17.2. The third kappa shape index (κ3) is 3.27. The van der Waals surface area contributed by atoms with E-state index >= 15 is 0 Å². The minimum atomic E-state index is -0.385. The highest BCUT2D eigenvalue weighted by atomic mass is 16.7. The number of pyridine rings is 1. The number of non-ortho nitro benzene ring substituents is 1. The first-order valence-corrected chi connectivity index (χ1v) is 8.26. The molecule has 0 unspecified atom stereocenters. The van der Waals surface area contributed by atoms with Gasteiger partial charge in [-0.1, -0.05) is 30.3 Å². The predicted octanol–water partition coefficient (Wildman–Crippen LogP) is 3.46. The molecule has 0 fully saturated rings. The smallest absolute Gasteiger partial charge is 0.270 e. The molecule has 0 saturated carbocycles. The molecule has 26 heavy (non-hydrogen) atoms. The topological polar surface area (TPSA) is 65.5 Å². The summed E-state index contributed by atoms with van der Waals surface area (Å²) in [7, 11) is 0. The fourth-order valence-corrected chi connectivity index (χ4v) is 3.12. The fraction of sp³-hybridized carbons (Fsp3) is 0.150. The van der Waals surface area contributed by atoms with Crippen LogP contribution in [0.3, 0.4) is 0 Å². The SMILES string of the molecule is O=[N+]([O-])c1cc2c(c(C[n+]3cccc(-c4ccccc4)c3)c1)OCOC2. The van der Waals surface area contributed by atoms with Crippen LogP contribution in [0.4, 0.5) is 5.69 Å². The zero-order chi connectivity index (χ0) is 17.9. The van der Waals surface area contributed by atoms with E-state index < -0.39 is 0 Å². The fourth-order valence-electron chi connectivity index (χ4n) is 3.12. The quantitative estimate of drug-likeness (QED) is 0.411. The highest BCUT2D eigenvalue weighted by molar-refractivity contribution is 5.61. The molecule has 0 saturated heterocycles. The molecule has 1 aliphatic rings. The second kappa shape index (κ2) is 6.93. The van der Waals surface area contributed by atoms with E-state index in [1.807, 2.05) is 47.3 Å². The summed E-state index contributed by atoms with van der Waals surface area (Å²) in [6.45, 7) is 0.954. The Labute approximate surface area is 150 Å². The molecule has 130 valence electrons. The van der Waals surface area contributed by atoms with Gasteiger partial charge in [0.15, 0.2) is 25.7 Å². The summed E-state index contributed by atoms with van der Waals surface area (Å²) in [5.41, 5.74) is 3.73. The van der Waals surface area contributed by atoms with Crippen molar-refractivity contribution < 1.29 is 19.0 Å². The molecule has 3 aromatic rings. The van der Waals surface area contributed by atoms with Crippen molar-refractivity contribution in [1.29, 1.82) is 0 Å². The lowest BCUT2D eigenvalue weighted by Crippen LogP contribution is -2.34. The monoisotopic (exact) mass is 349 g/mol. The second-order valence-corrected chi connectivity index (χ2v) is 6.09. The standard InChI is InChI=1S/C20H17N2O4/c23-22(24)19-9-17(20-18(10-19)13-25-14-26-20)12-21-8-4-7-16(11-21)15-5-2-1-3-6-15/h1-11H,12-14H2/q+1. The lowest BCUT2D eigenvalue weighted by Gasteiger charge is -2.19. The van der Waals surface area contributed by atoms with E-state index in [0.717, 1.165) is 16.7 Å². The molecular formula is C20H17N2O4+. The van der Waals surface area contributed by atoms with Gasteiger partial charge in [-0.3, -0.25) is 10.1 Å². The van der Waals surface area contributed by atoms with E-state index in [4.69, 9.17) is 9.47 Å². The molecule has 2 heterocycles. The van der Waals surface area contributed by atoms with Crippen molar-refractivity contribution in [2.45, 2.75) is 13.2 Å². The summed E-state index contributed by atoms with van der Waals surface area (Å²) in [6.07, 6.45) is 3.97. The van der Waals surface area contributed by atoms with Crippen molar-refractivity contribution in [3.05, 3.63) is 88.2 Å². The van der Waals surface area contributed by atoms with Gasteiger partial charge in [0, 0.05) is 29.3 Å². The predicted molar refractivity (Wildman–Crippen MR) is 94.6 cm³/mol. The molecule has 4 rings (SSSR count). The maximum absolute atomic E-state index is 11.2. The Morgan fingerprint density at radius 3 is 2.69 bits per heavy atom. The molecule has 6 nitrogen and oxygen atoms in total. The first-order chi connectivity index (χ1) is 12.7. The third-order valence-corrected chi connectivity index (χ3v) is 4.30. The van der Waals surface area contributed by atoms with Crippen LogP contribution in [0.5, 0.6) is 5.75 Å². The maximum atomic E-state index is 11.2. The molecule has 0 bridgehead atoms. The molecule has 6 heteroatoms. The van der Waals surface area contributed by atoms with Gasteiger partial charge in [-0.05, 0) is 11.6 Å². The Morgan fingerprint density at radius 2 is 1.88 bits per heavy atom. The van der Waals surface area contributed by atoms with Crippen LogP contribution in [0, 0.1) is 10.1 Å². The summed E-state index contributed by atoms with van der Waals surface area (Å²) in [4.78, 5) is 10.9. The van der Waals surface area contributed by atoms with Gasteiger partial charge >= 0.3 is 0 Å². The van der Waals surface area contributed by atoms with E-state index in [0.29, 0.717) is 24.5 Å². The summed E-state index contributed by atoms with van der Waals surface area (Å²) in [5, 5.41) is 11.2. The van der Waals surface area contributed by atoms with Gasteiger partial charge < -0.3 is 9.47 Å². The molecule has 2 aromatic carbocycles. The Morgan fingerprint density at radius 1 is 1.08 bits per heavy atom. The van der Waals surface area contributed by atoms with Gasteiger partial charge in [-0.2, -0.15) is 0 Å². The van der Waals surface area contributed by atoms with Crippen LogP contribution in [-0.4, -0.2) is 11.7 Å². The number of nitrogens with zero attached hydrogens (tertiary/aromatic N) is 2. The van der Waals surface area contributed by atoms with E-state index in [1.54, 1.807) is 6.07 Å². The molecule has 0 aliphatic carbocycles. The first kappa shape index (κ1) is 16.2. The van der Waals surface area contributed by atoms with Crippen LogP contribution in [0.1, 0.15) is 11.1 Å². The summed E-state index contributed by atoms with van der Waals surface area (Å²) in [5.74, 6) is 0.680. The van der Waals surface area contributed by atoms with Crippen molar-refractivity contribution >= 4 is 5.69 Å². The van der Waals surface area contributed by atoms with Gasteiger partial charge in [0.25, 0.3) is 5.69 Å². The number of ether oxygens (including phenoxy) is 2. The average molecular weight is 349 g/mol. The molecule has 1 aromatic heterocycles. The van der Waals surface area contributed by atoms with Crippen molar-refractivity contribution in [2.75, 3.05) is 6.79 Å². The van der Waals surface area contributed by atoms with Gasteiger partial charge in [0.2, 0.25) is 0 Å². The zero-order valence-corrected chi connectivity index (χ0v) is 14.0. The highest BCUT2D eigenvalue weighted by Gasteiger charge is 2.23. The van der Waals surface area contributed by atoms with E-state index in [-0.39, 0.29) is 17.4 Å². The molecule has 1 aliphatic heterocycles. The number of hydrogen-bond acceptors (Lipinski definition) is 4. The molecule has 0 N–H and O–H groups in total. The number of benzene rings is 2. The number of fused-ring (bicyclic) bond motifs is 1. The van der Waals surface area contributed by atoms with Gasteiger partial charge in [0.1, 0.15) is 5.75 Å². The molecular weight excluding hydrogens is 332 g/mol. The van der Waals surface area contributed by atoms with Crippen LogP contribution >= 0.6 is 0 Å². The minimum Gasteiger partial charge on any atom is -0.467 e. The summed E-state index contributed by atoms with van der Waals surface area (Å²) < 4.78 is 12.9. The molecule has 0 spiro atoms. The number of nitro groups is 1. The third-order valence-electron chi connectivity index (χ3n) is 4.30. The van der Waals surface area contributed by atoms with Crippen molar-refractivity contribution in [3.63, 3.8) is 0 Å². The molecule has 0 atom stereocenters. The number of rotatable bonds is 4. The minimum absolute atomic E-state index is 0.0488. The van der Waals surface area contributed by atoms with Crippen molar-refractivity contribution in [1.82, 2.24) is 0 Å². The van der Waals surface area contributed by atoms with Crippen molar-refractivity contribution in [2.24, 2.45) is 0 Å². The first-order valence-electron chi connectivity index (χ1n) is 8.26. The normalized spacial score (nSPS) is 12.9. The van der Waals surface area contributed by atoms with Gasteiger partial charge in [-0.25, -0.2) is 4.57 Å². The summed E-state index contributed by atoms with van der Waals surface area (Å²) >= 11 is 0. The Bertz CT molecular complexity index is 957. The molecule has 0 radical (unpaired) electrons. The van der Waals surface area contributed by atoms with Crippen LogP contribution in [0.15, 0.2) is 67.0 Å².